The maximum Gasteiger partial charge on any atom is 0.201 e. The summed E-state index contributed by atoms with van der Waals surface area (Å²) in [6.07, 6.45) is 0. The van der Waals surface area contributed by atoms with Gasteiger partial charge in [-0.3, -0.25) is 4.99 Å². The number of guanidine groups is 1. The number of benzene rings is 1. The van der Waals surface area contributed by atoms with Crippen LogP contribution in [0.2, 0.25) is 10.0 Å². The number of nitrogen functional groups attached to an aromatic ring is 1. The lowest BCUT2D eigenvalue weighted by Crippen LogP contribution is -2.30. The lowest BCUT2D eigenvalue weighted by molar-refractivity contribution is 0.503. The molecule has 0 saturated carbocycles. The third kappa shape index (κ3) is 1.72. The smallest absolute Gasteiger partial charge is 0.201 e. The van der Waals surface area contributed by atoms with E-state index in [1.807, 2.05) is 0 Å². The van der Waals surface area contributed by atoms with Crippen LogP contribution in [0.4, 0.5) is 11.4 Å². The average Bonchev–Trinajstić information content (AvgIpc) is 2.80. The van der Waals surface area contributed by atoms with Crippen molar-refractivity contribution in [2.24, 2.45) is 4.99 Å². The minimum Gasteiger partial charge on any atom is -0.399 e. The van der Waals surface area contributed by atoms with E-state index in [0.717, 1.165) is 37.8 Å². The number of aliphatic imine (C=N–C) groups is 1. The van der Waals surface area contributed by atoms with Crippen LogP contribution >= 0.6 is 23.2 Å². The number of nitrogens with two attached hydrogens (primary N) is 1. The molecule has 1 saturated heterocycles. The van der Waals surface area contributed by atoms with Crippen LogP contribution in [-0.2, 0) is 0 Å². The summed E-state index contributed by atoms with van der Waals surface area (Å²) in [5.41, 5.74) is 7.09. The van der Waals surface area contributed by atoms with Gasteiger partial charge in [-0.15, -0.1) is 0 Å². The standard InChI is InChI=1S/C11H12Cl2N4/c12-8-5-7(14)6-9(13)10(8)17-4-3-16-2-1-15-11(16)17/h5-6H,1-4,14H2. The molecule has 0 atom stereocenters. The van der Waals surface area contributed by atoms with E-state index >= 15 is 0 Å². The summed E-state index contributed by atoms with van der Waals surface area (Å²) in [5, 5.41) is 1.15. The molecule has 0 spiro atoms. The lowest BCUT2D eigenvalue weighted by atomic mass is 10.2. The minimum atomic E-state index is 0.575. The largest absolute Gasteiger partial charge is 0.399 e. The number of nitrogens with zero attached hydrogens (tertiary/aromatic N) is 3. The first-order chi connectivity index (χ1) is 8.16. The summed E-state index contributed by atoms with van der Waals surface area (Å²) < 4.78 is 0. The molecule has 2 N–H and O–H groups in total. The Morgan fingerprint density at radius 2 is 1.82 bits per heavy atom. The molecule has 17 heavy (non-hydrogen) atoms. The van der Waals surface area contributed by atoms with E-state index in [1.165, 1.54) is 0 Å². The number of anilines is 2. The van der Waals surface area contributed by atoms with Crippen molar-refractivity contribution in [2.75, 3.05) is 36.8 Å². The molecule has 4 nitrogen and oxygen atoms in total. The molecule has 2 aliphatic heterocycles. The van der Waals surface area contributed by atoms with Crippen molar-refractivity contribution in [1.82, 2.24) is 4.90 Å². The summed E-state index contributed by atoms with van der Waals surface area (Å²) in [4.78, 5) is 8.79. The molecule has 1 aromatic rings. The van der Waals surface area contributed by atoms with Gasteiger partial charge < -0.3 is 15.5 Å². The first-order valence-corrected chi connectivity index (χ1v) is 6.24. The molecule has 2 heterocycles. The number of fused-ring (bicyclic) bond motifs is 1. The van der Waals surface area contributed by atoms with Crippen molar-refractivity contribution < 1.29 is 0 Å². The zero-order valence-corrected chi connectivity index (χ0v) is 10.7. The summed E-state index contributed by atoms with van der Waals surface area (Å²) in [6.45, 7) is 3.66. The van der Waals surface area contributed by atoms with Gasteiger partial charge in [0.2, 0.25) is 5.96 Å². The molecule has 1 aromatic carbocycles. The molecule has 0 amide bonds. The molecule has 0 unspecified atom stereocenters. The average molecular weight is 271 g/mol. The van der Waals surface area contributed by atoms with Crippen LogP contribution in [0.15, 0.2) is 17.1 Å². The SMILES string of the molecule is Nc1cc(Cl)c(N2CCN3CCN=C32)c(Cl)c1. The van der Waals surface area contributed by atoms with Crippen LogP contribution in [0.1, 0.15) is 0 Å². The first kappa shape index (κ1) is 11.0. The molecule has 3 rings (SSSR count). The van der Waals surface area contributed by atoms with Crippen molar-refractivity contribution in [3.05, 3.63) is 22.2 Å². The van der Waals surface area contributed by atoms with Crippen molar-refractivity contribution in [1.29, 1.82) is 0 Å². The Morgan fingerprint density at radius 3 is 2.53 bits per heavy atom. The molecule has 1 fully saturated rings. The molecule has 6 heteroatoms. The predicted molar refractivity (Wildman–Crippen MR) is 72.1 cm³/mol. The van der Waals surface area contributed by atoms with Crippen LogP contribution in [-0.4, -0.2) is 37.0 Å². The molecule has 0 aliphatic carbocycles. The number of rotatable bonds is 1. The van der Waals surface area contributed by atoms with Crippen molar-refractivity contribution in [3.8, 4) is 0 Å². The quantitative estimate of drug-likeness (QED) is 0.795. The second kappa shape index (κ2) is 3.96. The van der Waals surface area contributed by atoms with E-state index in [-0.39, 0.29) is 0 Å². The highest BCUT2D eigenvalue weighted by Gasteiger charge is 2.32. The topological polar surface area (TPSA) is 44.9 Å². The third-order valence-corrected chi connectivity index (χ3v) is 3.63. The fraction of sp³-hybridized carbons (Fsp3) is 0.364. The Hall–Kier alpha value is -1.13. The van der Waals surface area contributed by atoms with E-state index < -0.39 is 0 Å². The lowest BCUT2D eigenvalue weighted by Gasteiger charge is -2.21. The summed E-state index contributed by atoms with van der Waals surface area (Å²) in [6, 6.07) is 3.45. The first-order valence-electron chi connectivity index (χ1n) is 5.48. The van der Waals surface area contributed by atoms with Gasteiger partial charge in [-0.1, -0.05) is 23.2 Å². The monoisotopic (exact) mass is 270 g/mol. The van der Waals surface area contributed by atoms with Crippen molar-refractivity contribution in [2.45, 2.75) is 0 Å². The van der Waals surface area contributed by atoms with Crippen LogP contribution < -0.4 is 10.6 Å². The second-order valence-corrected chi connectivity index (χ2v) is 4.97. The van der Waals surface area contributed by atoms with Crippen LogP contribution in [0.25, 0.3) is 0 Å². The highest BCUT2D eigenvalue weighted by atomic mass is 35.5. The van der Waals surface area contributed by atoms with Gasteiger partial charge in [-0.2, -0.15) is 0 Å². The van der Waals surface area contributed by atoms with E-state index in [2.05, 4.69) is 14.8 Å². The van der Waals surface area contributed by atoms with Gasteiger partial charge in [0.25, 0.3) is 0 Å². The molecule has 0 aromatic heterocycles. The predicted octanol–water partition coefficient (Wildman–Crippen LogP) is 2.07. The van der Waals surface area contributed by atoms with Gasteiger partial charge in [-0.05, 0) is 12.1 Å². The van der Waals surface area contributed by atoms with Crippen LogP contribution in [0.5, 0.6) is 0 Å². The number of halogens is 2. The number of hydrogen-bond acceptors (Lipinski definition) is 4. The van der Waals surface area contributed by atoms with Crippen LogP contribution in [0, 0.1) is 0 Å². The van der Waals surface area contributed by atoms with Crippen molar-refractivity contribution >= 4 is 40.5 Å². The van der Waals surface area contributed by atoms with E-state index in [1.54, 1.807) is 12.1 Å². The van der Waals surface area contributed by atoms with Gasteiger partial charge in [0.1, 0.15) is 0 Å². The van der Waals surface area contributed by atoms with E-state index in [0.29, 0.717) is 15.7 Å². The zero-order valence-electron chi connectivity index (χ0n) is 9.16. The molecule has 0 radical (unpaired) electrons. The fourth-order valence-electron chi connectivity index (χ4n) is 2.31. The van der Waals surface area contributed by atoms with Gasteiger partial charge in [0.15, 0.2) is 0 Å². The van der Waals surface area contributed by atoms with Gasteiger partial charge in [0.05, 0.1) is 22.3 Å². The zero-order chi connectivity index (χ0) is 12.0. The second-order valence-electron chi connectivity index (χ2n) is 4.15. The third-order valence-electron chi connectivity index (χ3n) is 3.05. The summed E-state index contributed by atoms with van der Waals surface area (Å²) in [7, 11) is 0. The Kier molecular flexibility index (Phi) is 2.56. The minimum absolute atomic E-state index is 0.575. The summed E-state index contributed by atoms with van der Waals surface area (Å²) in [5.74, 6) is 0.971. The highest BCUT2D eigenvalue weighted by molar-refractivity contribution is 6.40. The van der Waals surface area contributed by atoms with Crippen LogP contribution in [0.3, 0.4) is 0 Å². The molecular formula is C11H12Cl2N4. The van der Waals surface area contributed by atoms with Gasteiger partial charge in [-0.25, -0.2) is 0 Å². The van der Waals surface area contributed by atoms with E-state index in [9.17, 15) is 0 Å². The normalized spacial score (nSPS) is 18.6. The maximum atomic E-state index is 6.23. The number of hydrogen-bond donors (Lipinski definition) is 1. The highest BCUT2D eigenvalue weighted by Crippen LogP contribution is 2.38. The Labute approximate surface area is 110 Å². The Balaban J connectivity index is 2.05. The Morgan fingerprint density at radius 1 is 1.12 bits per heavy atom. The molecule has 90 valence electrons. The molecule has 2 aliphatic rings. The van der Waals surface area contributed by atoms with E-state index in [4.69, 9.17) is 28.9 Å². The summed E-state index contributed by atoms with van der Waals surface area (Å²) >= 11 is 12.5. The Bertz CT molecular complexity index is 477. The van der Waals surface area contributed by atoms with Gasteiger partial charge in [0, 0.05) is 25.3 Å². The molecule has 0 bridgehead atoms. The maximum absolute atomic E-state index is 6.23. The molecular weight excluding hydrogens is 259 g/mol. The fourth-order valence-corrected chi connectivity index (χ4v) is 3.02. The van der Waals surface area contributed by atoms with Crippen molar-refractivity contribution in [3.63, 3.8) is 0 Å². The van der Waals surface area contributed by atoms with Gasteiger partial charge >= 0.3 is 0 Å².